The molecule has 1 aromatic rings. The van der Waals surface area contributed by atoms with Crippen molar-refractivity contribution in [2.45, 2.75) is 30.1 Å². The van der Waals surface area contributed by atoms with Gasteiger partial charge in [-0.2, -0.15) is 0 Å². The van der Waals surface area contributed by atoms with Crippen molar-refractivity contribution < 1.29 is 21.2 Å². The van der Waals surface area contributed by atoms with E-state index in [9.17, 15) is 21.2 Å². The highest BCUT2D eigenvalue weighted by atomic mass is 35.7. The van der Waals surface area contributed by atoms with Gasteiger partial charge in [-0.25, -0.2) is 25.5 Å². The van der Waals surface area contributed by atoms with Crippen molar-refractivity contribution in [3.63, 3.8) is 0 Å². The zero-order valence-corrected chi connectivity index (χ0v) is 14.3. The molecular weight excluding hydrogens is 341 g/mol. The van der Waals surface area contributed by atoms with Crippen molar-refractivity contribution in [2.75, 3.05) is 13.6 Å². The van der Waals surface area contributed by atoms with E-state index in [1.54, 1.807) is 0 Å². The minimum absolute atomic E-state index is 0.245. The monoisotopic (exact) mass is 357 g/mol. The Morgan fingerprint density at radius 1 is 1.24 bits per heavy atom. The molecule has 0 unspecified atom stereocenters. The Hall–Kier alpha value is -0.700. The topological polar surface area (TPSA) is 71.5 Å². The molecule has 1 rings (SSSR count). The largest absolute Gasteiger partial charge is 0.261 e. The van der Waals surface area contributed by atoms with Gasteiger partial charge in [-0.15, -0.1) is 0 Å². The maximum atomic E-state index is 13.9. The molecule has 0 aliphatic heterocycles. The van der Waals surface area contributed by atoms with Crippen LogP contribution >= 0.6 is 10.7 Å². The SMILES string of the molecule is CC(C)CCN(C)S(=O)(=O)c1ccc(S(=O)(=O)Cl)cc1F. The van der Waals surface area contributed by atoms with E-state index < -0.39 is 34.7 Å². The van der Waals surface area contributed by atoms with Crippen LogP contribution in [0.4, 0.5) is 4.39 Å². The molecule has 0 bridgehead atoms. The zero-order chi connectivity index (χ0) is 16.4. The van der Waals surface area contributed by atoms with Crippen LogP contribution in [0.2, 0.25) is 0 Å². The number of rotatable bonds is 6. The van der Waals surface area contributed by atoms with Gasteiger partial charge in [0.1, 0.15) is 10.7 Å². The number of halogens is 2. The third-order valence-corrected chi connectivity index (χ3v) is 6.14. The van der Waals surface area contributed by atoms with Crippen molar-refractivity contribution in [3.8, 4) is 0 Å². The molecule has 0 heterocycles. The van der Waals surface area contributed by atoms with Crippen LogP contribution in [0.5, 0.6) is 0 Å². The second-order valence-corrected chi connectivity index (χ2v) is 9.62. The molecule has 0 atom stereocenters. The van der Waals surface area contributed by atoms with Crippen molar-refractivity contribution >= 4 is 29.8 Å². The van der Waals surface area contributed by atoms with Crippen LogP contribution in [-0.2, 0) is 19.1 Å². The summed E-state index contributed by atoms with van der Waals surface area (Å²) >= 11 is 0. The summed E-state index contributed by atoms with van der Waals surface area (Å²) in [6, 6.07) is 2.48. The normalized spacial score (nSPS) is 13.1. The van der Waals surface area contributed by atoms with Crippen LogP contribution in [-0.4, -0.2) is 34.7 Å². The molecule has 0 saturated carbocycles. The van der Waals surface area contributed by atoms with Gasteiger partial charge < -0.3 is 0 Å². The van der Waals surface area contributed by atoms with E-state index in [1.165, 1.54) is 7.05 Å². The van der Waals surface area contributed by atoms with Gasteiger partial charge in [-0.3, -0.25) is 0 Å². The molecule has 0 aromatic heterocycles. The van der Waals surface area contributed by atoms with E-state index in [1.807, 2.05) is 13.8 Å². The van der Waals surface area contributed by atoms with E-state index in [0.29, 0.717) is 18.4 Å². The fourth-order valence-electron chi connectivity index (χ4n) is 1.57. The smallest absolute Gasteiger partial charge is 0.207 e. The molecular formula is C12H17ClFNO4S2. The predicted molar refractivity (Wildman–Crippen MR) is 78.7 cm³/mol. The standard InChI is InChI=1S/C12H17ClFNO4S2/c1-9(2)6-7-15(3)21(18,19)12-5-4-10(8-11(12)14)20(13,16)17/h4-5,8-9H,6-7H2,1-3H3. The Kier molecular flexibility index (Phi) is 5.76. The first kappa shape index (κ1) is 18.3. The third kappa shape index (κ3) is 4.64. The van der Waals surface area contributed by atoms with Gasteiger partial charge >= 0.3 is 0 Å². The van der Waals surface area contributed by atoms with E-state index >= 15 is 0 Å². The molecule has 120 valence electrons. The van der Waals surface area contributed by atoms with Crippen LogP contribution in [0.25, 0.3) is 0 Å². The molecule has 0 aliphatic carbocycles. The lowest BCUT2D eigenvalue weighted by Gasteiger charge is -2.18. The second kappa shape index (κ2) is 6.60. The number of benzene rings is 1. The molecule has 0 saturated heterocycles. The quantitative estimate of drug-likeness (QED) is 0.733. The Bertz CT molecular complexity index is 717. The molecule has 0 N–H and O–H groups in total. The molecule has 5 nitrogen and oxygen atoms in total. The van der Waals surface area contributed by atoms with Crippen molar-refractivity contribution in [3.05, 3.63) is 24.0 Å². The molecule has 0 fully saturated rings. The molecule has 0 radical (unpaired) electrons. The van der Waals surface area contributed by atoms with E-state index in [-0.39, 0.29) is 6.54 Å². The summed E-state index contributed by atoms with van der Waals surface area (Å²) in [4.78, 5) is -1.05. The van der Waals surface area contributed by atoms with Gasteiger partial charge in [0.15, 0.2) is 0 Å². The minimum Gasteiger partial charge on any atom is -0.207 e. The van der Waals surface area contributed by atoms with Crippen LogP contribution in [0, 0.1) is 11.7 Å². The van der Waals surface area contributed by atoms with E-state index in [0.717, 1.165) is 16.4 Å². The molecule has 9 heteroatoms. The summed E-state index contributed by atoms with van der Waals surface area (Å²) in [7, 11) is -1.67. The van der Waals surface area contributed by atoms with Gasteiger partial charge in [0.05, 0.1) is 4.90 Å². The van der Waals surface area contributed by atoms with Gasteiger partial charge in [-0.05, 0) is 30.5 Å². The Labute approximate surface area is 129 Å². The number of hydrogen-bond donors (Lipinski definition) is 0. The Morgan fingerprint density at radius 3 is 2.24 bits per heavy atom. The third-order valence-electron chi connectivity index (χ3n) is 2.89. The lowest BCUT2D eigenvalue weighted by atomic mass is 10.1. The van der Waals surface area contributed by atoms with Crippen molar-refractivity contribution in [1.82, 2.24) is 4.31 Å². The van der Waals surface area contributed by atoms with Gasteiger partial charge in [0.25, 0.3) is 9.05 Å². The fourth-order valence-corrected chi connectivity index (χ4v) is 3.56. The summed E-state index contributed by atoms with van der Waals surface area (Å²) < 4.78 is 61.6. The Morgan fingerprint density at radius 2 is 1.81 bits per heavy atom. The minimum atomic E-state index is -4.11. The summed E-state index contributed by atoms with van der Waals surface area (Å²) in [6.07, 6.45) is 0.630. The number of hydrogen-bond acceptors (Lipinski definition) is 4. The number of sulfonamides is 1. The van der Waals surface area contributed by atoms with E-state index in [4.69, 9.17) is 10.7 Å². The van der Waals surface area contributed by atoms with Crippen LogP contribution in [0.15, 0.2) is 28.0 Å². The van der Waals surface area contributed by atoms with E-state index in [2.05, 4.69) is 0 Å². The highest BCUT2D eigenvalue weighted by Gasteiger charge is 2.25. The molecule has 1 aromatic carbocycles. The first-order valence-corrected chi connectivity index (χ1v) is 9.91. The summed E-state index contributed by atoms with van der Waals surface area (Å²) in [5.41, 5.74) is 0. The van der Waals surface area contributed by atoms with Gasteiger partial charge in [0.2, 0.25) is 10.0 Å². The van der Waals surface area contributed by atoms with Crippen LogP contribution in [0.3, 0.4) is 0 Å². The second-order valence-electron chi connectivity index (χ2n) is 5.04. The molecule has 0 amide bonds. The summed E-state index contributed by atoms with van der Waals surface area (Å²) in [5, 5.41) is 0. The molecule has 21 heavy (non-hydrogen) atoms. The average Bonchev–Trinajstić information content (AvgIpc) is 2.34. The molecule has 0 aliphatic rings. The highest BCUT2D eigenvalue weighted by molar-refractivity contribution is 8.13. The summed E-state index contributed by atoms with van der Waals surface area (Å²) in [6.45, 7) is 4.14. The lowest BCUT2D eigenvalue weighted by molar-refractivity contribution is 0.424. The average molecular weight is 358 g/mol. The maximum Gasteiger partial charge on any atom is 0.261 e. The fraction of sp³-hybridized carbons (Fsp3) is 0.500. The van der Waals surface area contributed by atoms with Gasteiger partial charge in [-0.1, -0.05) is 13.8 Å². The Balaban J connectivity index is 3.15. The zero-order valence-electron chi connectivity index (χ0n) is 11.9. The first-order valence-electron chi connectivity index (χ1n) is 6.17. The summed E-state index contributed by atoms with van der Waals surface area (Å²) in [5.74, 6) is -0.843. The maximum absolute atomic E-state index is 13.9. The first-order chi connectivity index (χ1) is 9.46. The number of nitrogens with zero attached hydrogens (tertiary/aromatic N) is 1. The van der Waals surface area contributed by atoms with Crippen molar-refractivity contribution in [1.29, 1.82) is 0 Å². The van der Waals surface area contributed by atoms with Gasteiger partial charge in [0, 0.05) is 24.3 Å². The predicted octanol–water partition coefficient (Wildman–Crippen LogP) is 2.42. The van der Waals surface area contributed by atoms with Crippen LogP contribution in [0.1, 0.15) is 20.3 Å². The van der Waals surface area contributed by atoms with Crippen LogP contribution < -0.4 is 0 Å². The highest BCUT2D eigenvalue weighted by Crippen LogP contribution is 2.23. The van der Waals surface area contributed by atoms with Crippen molar-refractivity contribution in [2.24, 2.45) is 5.92 Å². The lowest BCUT2D eigenvalue weighted by Crippen LogP contribution is -2.29. The molecule has 0 spiro atoms.